The zero-order chi connectivity index (χ0) is 19.9. The van der Waals surface area contributed by atoms with Gasteiger partial charge in [-0.1, -0.05) is 48.0 Å². The third-order valence-electron chi connectivity index (χ3n) is 4.82. The van der Waals surface area contributed by atoms with Crippen LogP contribution in [0.25, 0.3) is 0 Å². The van der Waals surface area contributed by atoms with Crippen molar-refractivity contribution in [1.29, 1.82) is 0 Å². The first-order valence-electron chi connectivity index (χ1n) is 9.22. The number of para-hydroxylation sites is 1. The van der Waals surface area contributed by atoms with Gasteiger partial charge in [-0.05, 0) is 23.8 Å². The lowest BCUT2D eigenvalue weighted by Gasteiger charge is -2.38. The summed E-state index contributed by atoms with van der Waals surface area (Å²) < 4.78 is 5.02. The Morgan fingerprint density at radius 2 is 1.68 bits per heavy atom. The molecule has 1 fully saturated rings. The monoisotopic (exact) mass is 401 g/mol. The first kappa shape index (κ1) is 20.3. The van der Waals surface area contributed by atoms with Crippen LogP contribution in [-0.4, -0.2) is 61.5 Å². The Morgan fingerprint density at radius 3 is 2.32 bits per heavy atom. The maximum Gasteiger partial charge on any atom is 0.327 e. The molecule has 2 aromatic rings. The fourth-order valence-electron chi connectivity index (χ4n) is 3.39. The van der Waals surface area contributed by atoms with E-state index in [0.717, 1.165) is 11.3 Å². The molecule has 1 saturated heterocycles. The van der Waals surface area contributed by atoms with E-state index in [-0.39, 0.29) is 11.9 Å². The summed E-state index contributed by atoms with van der Waals surface area (Å²) in [7, 11) is 1.39. The molecule has 6 nitrogen and oxygen atoms in total. The van der Waals surface area contributed by atoms with Crippen LogP contribution in [0, 0.1) is 0 Å². The highest BCUT2D eigenvalue weighted by molar-refractivity contribution is 6.31. The number of esters is 1. The van der Waals surface area contributed by atoms with Crippen LogP contribution in [0.3, 0.4) is 0 Å². The van der Waals surface area contributed by atoms with Gasteiger partial charge >= 0.3 is 5.97 Å². The Kier molecular flexibility index (Phi) is 7.03. The maximum absolute atomic E-state index is 12.4. The summed E-state index contributed by atoms with van der Waals surface area (Å²) in [5.41, 5.74) is 1.53. The summed E-state index contributed by atoms with van der Waals surface area (Å²) in [6.07, 6.45) is 0. The molecular formula is C21H24ClN3O3. The molecule has 28 heavy (non-hydrogen) atoms. The second-order valence-electron chi connectivity index (χ2n) is 6.67. The number of nitrogens with one attached hydrogen (secondary N) is 1. The molecule has 1 aliphatic heterocycles. The van der Waals surface area contributed by atoms with Crippen LogP contribution in [0.1, 0.15) is 11.6 Å². The summed E-state index contributed by atoms with van der Waals surface area (Å²) in [6.45, 7) is 2.96. The van der Waals surface area contributed by atoms with Crippen molar-refractivity contribution in [3.8, 4) is 0 Å². The Bertz CT molecular complexity index is 808. The van der Waals surface area contributed by atoms with Crippen LogP contribution >= 0.6 is 11.6 Å². The van der Waals surface area contributed by atoms with Gasteiger partial charge in [0.15, 0.2) is 0 Å². The number of halogens is 1. The SMILES string of the molecule is COC(=O)C(c1ccccc1Cl)N1CCN(CC(=O)Nc2ccccc2)CC1. The third-order valence-corrected chi connectivity index (χ3v) is 5.17. The first-order valence-corrected chi connectivity index (χ1v) is 9.60. The summed E-state index contributed by atoms with van der Waals surface area (Å²) in [6, 6.07) is 16.2. The van der Waals surface area contributed by atoms with Gasteiger partial charge in [0, 0.05) is 36.9 Å². The molecule has 0 spiro atoms. The van der Waals surface area contributed by atoms with Crippen LogP contribution in [0.5, 0.6) is 0 Å². The predicted molar refractivity (Wildman–Crippen MR) is 109 cm³/mol. The second-order valence-corrected chi connectivity index (χ2v) is 7.08. The summed E-state index contributed by atoms with van der Waals surface area (Å²) in [5.74, 6) is -0.376. The van der Waals surface area contributed by atoms with Crippen molar-refractivity contribution in [2.45, 2.75) is 6.04 Å². The molecule has 0 radical (unpaired) electrons. The van der Waals surface area contributed by atoms with Gasteiger partial charge in [0.25, 0.3) is 0 Å². The van der Waals surface area contributed by atoms with E-state index in [1.54, 1.807) is 6.07 Å². The number of methoxy groups -OCH3 is 1. The Morgan fingerprint density at radius 1 is 1.04 bits per heavy atom. The predicted octanol–water partition coefficient (Wildman–Crippen LogP) is 2.81. The third kappa shape index (κ3) is 5.10. The Balaban J connectivity index is 1.59. The molecule has 7 heteroatoms. The zero-order valence-electron chi connectivity index (χ0n) is 15.8. The second kappa shape index (κ2) is 9.68. The molecule has 1 amide bonds. The van der Waals surface area contributed by atoms with Gasteiger partial charge in [-0.3, -0.25) is 14.6 Å². The number of carbonyl (C=O) groups is 2. The van der Waals surface area contributed by atoms with Crippen molar-refractivity contribution in [2.75, 3.05) is 45.2 Å². The van der Waals surface area contributed by atoms with Crippen molar-refractivity contribution in [3.05, 3.63) is 65.2 Å². The largest absolute Gasteiger partial charge is 0.468 e. The molecule has 1 heterocycles. The quantitative estimate of drug-likeness (QED) is 0.754. The van der Waals surface area contributed by atoms with Gasteiger partial charge in [-0.2, -0.15) is 0 Å². The number of carbonyl (C=O) groups excluding carboxylic acids is 2. The zero-order valence-corrected chi connectivity index (χ0v) is 16.6. The molecule has 1 N–H and O–H groups in total. The molecule has 148 valence electrons. The standard InChI is InChI=1S/C21H24ClN3O3/c1-28-21(27)20(17-9-5-6-10-18(17)22)25-13-11-24(12-14-25)15-19(26)23-16-7-3-2-4-8-16/h2-10,20H,11-15H2,1H3,(H,23,26). The fraction of sp³-hybridized carbons (Fsp3) is 0.333. The molecule has 2 aromatic carbocycles. The maximum atomic E-state index is 12.4. The number of ether oxygens (including phenoxy) is 1. The van der Waals surface area contributed by atoms with E-state index in [9.17, 15) is 9.59 Å². The fourth-order valence-corrected chi connectivity index (χ4v) is 3.63. The van der Waals surface area contributed by atoms with Crippen LogP contribution < -0.4 is 5.32 Å². The minimum absolute atomic E-state index is 0.0460. The average molecular weight is 402 g/mol. The molecule has 0 aromatic heterocycles. The van der Waals surface area contributed by atoms with Crippen LogP contribution in [0.15, 0.2) is 54.6 Å². The highest BCUT2D eigenvalue weighted by Crippen LogP contribution is 2.29. The van der Waals surface area contributed by atoms with Gasteiger partial charge in [-0.15, -0.1) is 0 Å². The Labute approximate surface area is 170 Å². The lowest BCUT2D eigenvalue weighted by atomic mass is 10.0. The van der Waals surface area contributed by atoms with Gasteiger partial charge in [-0.25, -0.2) is 4.79 Å². The molecular weight excluding hydrogens is 378 g/mol. The molecule has 3 rings (SSSR count). The lowest BCUT2D eigenvalue weighted by molar-refractivity contribution is -0.148. The van der Waals surface area contributed by atoms with Crippen LogP contribution in [-0.2, 0) is 14.3 Å². The number of anilines is 1. The highest BCUT2D eigenvalue weighted by Gasteiger charge is 2.32. The molecule has 0 aliphatic carbocycles. The number of amides is 1. The van der Waals surface area contributed by atoms with Crippen molar-refractivity contribution in [2.24, 2.45) is 0 Å². The highest BCUT2D eigenvalue weighted by atomic mass is 35.5. The first-order chi connectivity index (χ1) is 13.6. The van der Waals surface area contributed by atoms with Crippen molar-refractivity contribution in [1.82, 2.24) is 9.80 Å². The molecule has 0 saturated carbocycles. The number of hydrogen-bond donors (Lipinski definition) is 1. The number of nitrogens with zero attached hydrogens (tertiary/aromatic N) is 2. The van der Waals surface area contributed by atoms with E-state index in [2.05, 4.69) is 15.1 Å². The Hall–Kier alpha value is -2.41. The minimum Gasteiger partial charge on any atom is -0.468 e. The van der Waals surface area contributed by atoms with Crippen molar-refractivity contribution in [3.63, 3.8) is 0 Å². The topological polar surface area (TPSA) is 61.9 Å². The normalized spacial score (nSPS) is 16.4. The van der Waals surface area contributed by atoms with Crippen LogP contribution in [0.2, 0.25) is 5.02 Å². The summed E-state index contributed by atoms with van der Waals surface area (Å²) in [5, 5.41) is 3.44. The van der Waals surface area contributed by atoms with Crippen molar-refractivity contribution >= 4 is 29.2 Å². The van der Waals surface area contributed by atoms with E-state index in [1.165, 1.54) is 7.11 Å². The number of piperazine rings is 1. The van der Waals surface area contributed by atoms with Gasteiger partial charge in [0.05, 0.1) is 13.7 Å². The molecule has 1 atom stereocenters. The summed E-state index contributed by atoms with van der Waals surface area (Å²) >= 11 is 6.32. The number of benzene rings is 2. The summed E-state index contributed by atoms with van der Waals surface area (Å²) in [4.78, 5) is 28.8. The van der Waals surface area contributed by atoms with E-state index in [1.807, 2.05) is 48.5 Å². The van der Waals surface area contributed by atoms with Gasteiger partial charge in [0.1, 0.15) is 6.04 Å². The van der Waals surface area contributed by atoms with Crippen LogP contribution in [0.4, 0.5) is 5.69 Å². The van der Waals surface area contributed by atoms with E-state index >= 15 is 0 Å². The molecule has 0 bridgehead atoms. The molecule has 1 aliphatic rings. The van der Waals surface area contributed by atoms with Gasteiger partial charge < -0.3 is 10.1 Å². The lowest BCUT2D eigenvalue weighted by Crippen LogP contribution is -2.51. The minimum atomic E-state index is -0.543. The average Bonchev–Trinajstić information content (AvgIpc) is 2.71. The molecule has 1 unspecified atom stereocenters. The van der Waals surface area contributed by atoms with Crippen molar-refractivity contribution < 1.29 is 14.3 Å². The van der Waals surface area contributed by atoms with E-state index < -0.39 is 6.04 Å². The van der Waals surface area contributed by atoms with E-state index in [0.29, 0.717) is 37.7 Å². The number of rotatable bonds is 6. The number of hydrogen-bond acceptors (Lipinski definition) is 5. The van der Waals surface area contributed by atoms with E-state index in [4.69, 9.17) is 16.3 Å². The smallest absolute Gasteiger partial charge is 0.327 e. The van der Waals surface area contributed by atoms with Gasteiger partial charge in [0.2, 0.25) is 5.91 Å².